The molecule has 1 aliphatic rings. The number of hydrogen-bond donors (Lipinski definition) is 0. The predicted octanol–water partition coefficient (Wildman–Crippen LogP) is 3.32. The Hall–Kier alpha value is -1.42. The Kier molecular flexibility index (Phi) is 3.29. The standard InChI is InChI=1S/C14H16O/c1-2-15-14-10-8-13(9-11-14)12-6-4-3-5-7-12/h1,3-7,13-14H,8-11H2. The second-order valence-electron chi connectivity index (χ2n) is 4.12. The summed E-state index contributed by atoms with van der Waals surface area (Å²) >= 11 is 0. The van der Waals surface area contributed by atoms with Gasteiger partial charge < -0.3 is 4.74 Å². The van der Waals surface area contributed by atoms with Gasteiger partial charge in [0, 0.05) is 0 Å². The van der Waals surface area contributed by atoms with E-state index in [4.69, 9.17) is 11.2 Å². The highest BCUT2D eigenvalue weighted by atomic mass is 16.5. The Morgan fingerprint density at radius 2 is 1.73 bits per heavy atom. The summed E-state index contributed by atoms with van der Waals surface area (Å²) in [6, 6.07) is 10.7. The van der Waals surface area contributed by atoms with E-state index in [1.54, 1.807) is 0 Å². The zero-order valence-electron chi connectivity index (χ0n) is 8.86. The van der Waals surface area contributed by atoms with Gasteiger partial charge >= 0.3 is 0 Å². The molecule has 0 spiro atoms. The van der Waals surface area contributed by atoms with Crippen molar-refractivity contribution in [3.63, 3.8) is 0 Å². The van der Waals surface area contributed by atoms with Crippen molar-refractivity contribution in [2.45, 2.75) is 37.7 Å². The first-order valence-corrected chi connectivity index (χ1v) is 5.56. The molecule has 78 valence electrons. The molecule has 0 unspecified atom stereocenters. The van der Waals surface area contributed by atoms with Gasteiger partial charge in [-0.2, -0.15) is 0 Å². The molecule has 1 heteroatoms. The van der Waals surface area contributed by atoms with E-state index >= 15 is 0 Å². The number of terminal acetylenes is 1. The Morgan fingerprint density at radius 3 is 2.33 bits per heavy atom. The van der Waals surface area contributed by atoms with Gasteiger partial charge in [-0.1, -0.05) is 36.8 Å². The maximum atomic E-state index is 5.19. The molecule has 1 nitrogen and oxygen atoms in total. The molecule has 2 rings (SSSR count). The molecule has 0 radical (unpaired) electrons. The van der Waals surface area contributed by atoms with E-state index in [9.17, 15) is 0 Å². The third-order valence-electron chi connectivity index (χ3n) is 3.18. The second kappa shape index (κ2) is 4.89. The van der Waals surface area contributed by atoms with E-state index < -0.39 is 0 Å². The highest BCUT2D eigenvalue weighted by molar-refractivity contribution is 5.19. The maximum Gasteiger partial charge on any atom is 0.111 e. The molecule has 1 fully saturated rings. The quantitative estimate of drug-likeness (QED) is 0.665. The van der Waals surface area contributed by atoms with Gasteiger partial charge in [0.1, 0.15) is 12.2 Å². The molecule has 1 aromatic rings. The molecule has 0 amide bonds. The first-order chi connectivity index (χ1) is 7.40. The van der Waals surface area contributed by atoms with Gasteiger partial charge in [0.25, 0.3) is 0 Å². The molecular formula is C14H16O. The lowest BCUT2D eigenvalue weighted by molar-refractivity contribution is 0.117. The monoisotopic (exact) mass is 200 g/mol. The van der Waals surface area contributed by atoms with Crippen LogP contribution in [0.2, 0.25) is 0 Å². The normalized spacial score (nSPS) is 25.5. The smallest absolute Gasteiger partial charge is 0.111 e. The molecule has 0 N–H and O–H groups in total. The number of ether oxygens (including phenoxy) is 1. The summed E-state index contributed by atoms with van der Waals surface area (Å²) in [4.78, 5) is 0. The van der Waals surface area contributed by atoms with Gasteiger partial charge in [-0.3, -0.25) is 0 Å². The van der Waals surface area contributed by atoms with Crippen LogP contribution in [0.3, 0.4) is 0 Å². The Bertz CT molecular complexity index is 328. The molecule has 0 bridgehead atoms. The van der Waals surface area contributed by atoms with Crippen molar-refractivity contribution in [3.05, 3.63) is 35.9 Å². The van der Waals surface area contributed by atoms with Gasteiger partial charge in [0.2, 0.25) is 0 Å². The fraction of sp³-hybridized carbons (Fsp3) is 0.429. The Morgan fingerprint density at radius 1 is 1.07 bits per heavy atom. The van der Waals surface area contributed by atoms with Crippen molar-refractivity contribution in [1.82, 2.24) is 0 Å². The first-order valence-electron chi connectivity index (χ1n) is 5.56. The van der Waals surface area contributed by atoms with Crippen LogP contribution in [0.1, 0.15) is 37.2 Å². The molecule has 0 aromatic heterocycles. The average molecular weight is 200 g/mol. The lowest BCUT2D eigenvalue weighted by Crippen LogP contribution is -2.19. The van der Waals surface area contributed by atoms with E-state index in [2.05, 4.69) is 36.4 Å². The van der Waals surface area contributed by atoms with Crippen molar-refractivity contribution in [3.8, 4) is 12.5 Å². The van der Waals surface area contributed by atoms with E-state index in [1.807, 2.05) is 0 Å². The highest BCUT2D eigenvalue weighted by Gasteiger charge is 2.22. The maximum absolute atomic E-state index is 5.19. The fourth-order valence-corrected chi connectivity index (χ4v) is 2.34. The summed E-state index contributed by atoms with van der Waals surface area (Å²) in [6.45, 7) is 0. The van der Waals surface area contributed by atoms with Crippen LogP contribution in [-0.2, 0) is 4.74 Å². The van der Waals surface area contributed by atoms with Crippen molar-refractivity contribution in [1.29, 1.82) is 0 Å². The van der Waals surface area contributed by atoms with Crippen LogP contribution >= 0.6 is 0 Å². The van der Waals surface area contributed by atoms with Crippen molar-refractivity contribution in [2.75, 3.05) is 0 Å². The van der Waals surface area contributed by atoms with E-state index in [1.165, 1.54) is 18.4 Å². The number of hydrogen-bond acceptors (Lipinski definition) is 1. The molecule has 1 saturated carbocycles. The van der Waals surface area contributed by atoms with E-state index in [-0.39, 0.29) is 6.10 Å². The lowest BCUT2D eigenvalue weighted by atomic mass is 9.83. The molecular weight excluding hydrogens is 184 g/mol. The average Bonchev–Trinajstić information content (AvgIpc) is 2.32. The topological polar surface area (TPSA) is 9.23 Å². The summed E-state index contributed by atoms with van der Waals surface area (Å²) < 4.78 is 5.19. The van der Waals surface area contributed by atoms with Crippen LogP contribution in [0.5, 0.6) is 0 Å². The fourth-order valence-electron chi connectivity index (χ4n) is 2.34. The third-order valence-corrected chi connectivity index (χ3v) is 3.18. The largest absolute Gasteiger partial charge is 0.443 e. The molecule has 0 aliphatic heterocycles. The molecule has 15 heavy (non-hydrogen) atoms. The van der Waals surface area contributed by atoms with E-state index in [0.29, 0.717) is 5.92 Å². The lowest BCUT2D eigenvalue weighted by Gasteiger charge is -2.27. The summed E-state index contributed by atoms with van der Waals surface area (Å²) in [7, 11) is 0. The van der Waals surface area contributed by atoms with Crippen molar-refractivity contribution < 1.29 is 4.74 Å². The SMILES string of the molecule is C#COC1CCC(c2ccccc2)CC1. The Balaban J connectivity index is 1.92. The van der Waals surface area contributed by atoms with Crippen molar-refractivity contribution in [2.24, 2.45) is 0 Å². The van der Waals surface area contributed by atoms with Gasteiger partial charge in [-0.15, -0.1) is 0 Å². The summed E-state index contributed by atoms with van der Waals surface area (Å²) in [6.07, 6.45) is 12.3. The zero-order chi connectivity index (χ0) is 10.5. The van der Waals surface area contributed by atoms with Gasteiger partial charge in [-0.05, 0) is 37.2 Å². The minimum Gasteiger partial charge on any atom is -0.443 e. The summed E-state index contributed by atoms with van der Waals surface area (Å²) in [5, 5.41) is 0. The summed E-state index contributed by atoms with van der Waals surface area (Å²) in [5.74, 6) is 0.698. The van der Waals surface area contributed by atoms with Crippen LogP contribution in [0.15, 0.2) is 30.3 Å². The minimum atomic E-state index is 0.287. The van der Waals surface area contributed by atoms with Crippen molar-refractivity contribution >= 4 is 0 Å². The number of rotatable bonds is 2. The van der Waals surface area contributed by atoms with Crippen LogP contribution in [-0.4, -0.2) is 6.10 Å². The minimum absolute atomic E-state index is 0.287. The highest BCUT2D eigenvalue weighted by Crippen LogP contribution is 2.33. The summed E-state index contributed by atoms with van der Waals surface area (Å²) in [5.41, 5.74) is 1.46. The van der Waals surface area contributed by atoms with Gasteiger partial charge in [0.15, 0.2) is 0 Å². The Labute approximate surface area is 91.5 Å². The van der Waals surface area contributed by atoms with Crippen LogP contribution in [0.4, 0.5) is 0 Å². The van der Waals surface area contributed by atoms with Gasteiger partial charge in [0.05, 0.1) is 0 Å². The molecule has 0 atom stereocenters. The van der Waals surface area contributed by atoms with Gasteiger partial charge in [-0.25, -0.2) is 0 Å². The molecule has 0 heterocycles. The molecule has 1 aliphatic carbocycles. The van der Waals surface area contributed by atoms with Crippen LogP contribution < -0.4 is 0 Å². The third kappa shape index (κ3) is 2.53. The first kappa shape index (κ1) is 10.1. The zero-order valence-corrected chi connectivity index (χ0v) is 8.86. The molecule has 1 aromatic carbocycles. The van der Waals surface area contributed by atoms with E-state index in [0.717, 1.165) is 12.8 Å². The molecule has 0 saturated heterocycles. The van der Waals surface area contributed by atoms with Crippen LogP contribution in [0.25, 0.3) is 0 Å². The van der Waals surface area contributed by atoms with Crippen LogP contribution in [0, 0.1) is 12.5 Å². The predicted molar refractivity (Wildman–Crippen MR) is 61.4 cm³/mol. The second-order valence-corrected chi connectivity index (χ2v) is 4.12. The number of benzene rings is 1.